The predicted octanol–water partition coefficient (Wildman–Crippen LogP) is 4.92. The molecule has 0 spiro atoms. The first-order valence-electron chi connectivity index (χ1n) is 9.93. The van der Waals surface area contributed by atoms with E-state index in [1.807, 2.05) is 72.8 Å². The van der Waals surface area contributed by atoms with Gasteiger partial charge in [-0.25, -0.2) is 0 Å². The van der Waals surface area contributed by atoms with Crippen molar-refractivity contribution < 1.29 is 9.59 Å². The van der Waals surface area contributed by atoms with Crippen LogP contribution in [0.5, 0.6) is 0 Å². The zero-order valence-corrected chi connectivity index (χ0v) is 17.2. The Labute approximate surface area is 187 Å². The second kappa shape index (κ2) is 11.5. The highest BCUT2D eigenvalue weighted by Crippen LogP contribution is 2.11. The molecule has 0 bridgehead atoms. The van der Waals surface area contributed by atoms with E-state index in [0.717, 1.165) is 11.1 Å². The van der Waals surface area contributed by atoms with Gasteiger partial charge < -0.3 is 10.6 Å². The molecule has 0 aromatic heterocycles. The minimum Gasteiger partial charge on any atom is -0.321 e. The smallest absolute Gasteiger partial charge is 0.272 e. The van der Waals surface area contributed by atoms with E-state index in [1.165, 1.54) is 12.2 Å². The molecule has 0 saturated carbocycles. The lowest BCUT2D eigenvalue weighted by atomic mass is 10.2. The van der Waals surface area contributed by atoms with Gasteiger partial charge >= 0.3 is 0 Å². The second-order valence-electron chi connectivity index (χ2n) is 6.73. The third kappa shape index (κ3) is 6.97. The molecule has 3 aromatic carbocycles. The Hall–Kier alpha value is -4.69. The van der Waals surface area contributed by atoms with Gasteiger partial charge in [-0.1, -0.05) is 78.9 Å². The van der Waals surface area contributed by atoms with Crippen LogP contribution >= 0.6 is 0 Å². The fourth-order valence-electron chi connectivity index (χ4n) is 2.77. The number of benzene rings is 3. The topological polar surface area (TPSA) is 82.0 Å². The Kier molecular flexibility index (Phi) is 7.90. The summed E-state index contributed by atoms with van der Waals surface area (Å²) in [6.07, 6.45) is 8.09. The lowest BCUT2D eigenvalue weighted by molar-refractivity contribution is -0.118. The number of carbonyl (C=O) groups excluding carboxylic acids is 2. The van der Waals surface area contributed by atoms with Crippen molar-refractivity contribution >= 4 is 29.7 Å². The van der Waals surface area contributed by atoms with Crippen LogP contribution in [-0.2, 0) is 9.59 Å². The summed E-state index contributed by atoms with van der Waals surface area (Å²) in [6.45, 7) is 0. The van der Waals surface area contributed by atoms with Crippen LogP contribution in [0, 0.1) is 11.3 Å². The van der Waals surface area contributed by atoms with E-state index in [2.05, 4.69) is 10.6 Å². The Balaban J connectivity index is 1.78. The summed E-state index contributed by atoms with van der Waals surface area (Å²) >= 11 is 0. The molecule has 0 heterocycles. The van der Waals surface area contributed by atoms with Crippen LogP contribution < -0.4 is 10.6 Å². The summed E-state index contributed by atoms with van der Waals surface area (Å²) in [5, 5.41) is 14.4. The largest absolute Gasteiger partial charge is 0.321 e. The highest BCUT2D eigenvalue weighted by molar-refractivity contribution is 6.07. The van der Waals surface area contributed by atoms with Crippen molar-refractivity contribution in [2.45, 2.75) is 0 Å². The van der Waals surface area contributed by atoms with E-state index < -0.39 is 11.8 Å². The number of nitrogens with one attached hydrogen (secondary N) is 2. The Morgan fingerprint density at radius 1 is 0.812 bits per heavy atom. The SMILES string of the molecule is N#Cc1cccc(NC(=O)/C(=C/C=C/c2ccccc2)NC(=O)C=Cc2ccccc2)c1. The molecule has 0 aliphatic carbocycles. The summed E-state index contributed by atoms with van der Waals surface area (Å²) in [6, 6.07) is 27.6. The standard InChI is InChI=1S/C27H21N3O2/c28-20-23-14-7-15-24(19-23)29-27(32)25(16-8-13-21-9-3-1-4-10-21)30-26(31)18-17-22-11-5-2-6-12-22/h1-19H,(H,29,32)(H,30,31)/b13-8+,18-17?,25-16-. The highest BCUT2D eigenvalue weighted by Gasteiger charge is 2.12. The van der Waals surface area contributed by atoms with Crippen LogP contribution in [0.2, 0.25) is 0 Å². The van der Waals surface area contributed by atoms with Crippen molar-refractivity contribution in [2.75, 3.05) is 5.32 Å². The third-order valence-corrected chi connectivity index (χ3v) is 4.33. The third-order valence-electron chi connectivity index (χ3n) is 4.33. The van der Waals surface area contributed by atoms with E-state index in [1.54, 1.807) is 36.4 Å². The van der Waals surface area contributed by atoms with E-state index in [-0.39, 0.29) is 5.70 Å². The number of nitrogens with zero attached hydrogens (tertiary/aromatic N) is 1. The minimum atomic E-state index is -0.501. The maximum Gasteiger partial charge on any atom is 0.272 e. The van der Waals surface area contributed by atoms with Gasteiger partial charge in [0.25, 0.3) is 5.91 Å². The van der Waals surface area contributed by atoms with Crippen LogP contribution in [0.1, 0.15) is 16.7 Å². The Morgan fingerprint density at radius 3 is 2.12 bits per heavy atom. The predicted molar refractivity (Wildman–Crippen MR) is 127 cm³/mol. The fourth-order valence-corrected chi connectivity index (χ4v) is 2.77. The van der Waals surface area contributed by atoms with Crippen LogP contribution in [0.3, 0.4) is 0 Å². The summed E-state index contributed by atoms with van der Waals surface area (Å²) in [4.78, 5) is 25.3. The quantitative estimate of drug-likeness (QED) is 0.421. The van der Waals surface area contributed by atoms with Crippen molar-refractivity contribution in [1.29, 1.82) is 5.26 Å². The summed E-state index contributed by atoms with van der Waals surface area (Å²) in [5.74, 6) is -0.937. The normalized spacial score (nSPS) is 11.3. The van der Waals surface area contributed by atoms with Gasteiger partial charge in [-0.2, -0.15) is 5.26 Å². The molecule has 0 aliphatic rings. The monoisotopic (exact) mass is 419 g/mol. The Bertz CT molecular complexity index is 1200. The first kappa shape index (κ1) is 22.0. The number of hydrogen-bond donors (Lipinski definition) is 2. The van der Waals surface area contributed by atoms with Crippen LogP contribution in [0.15, 0.2) is 109 Å². The fraction of sp³-hybridized carbons (Fsp3) is 0. The second-order valence-corrected chi connectivity index (χ2v) is 6.73. The van der Waals surface area contributed by atoms with Gasteiger partial charge in [0.2, 0.25) is 5.91 Å². The molecule has 0 fully saturated rings. The molecule has 156 valence electrons. The van der Waals surface area contributed by atoms with Crippen molar-refractivity contribution in [3.63, 3.8) is 0 Å². The molecule has 3 aromatic rings. The number of amides is 2. The van der Waals surface area contributed by atoms with E-state index in [9.17, 15) is 9.59 Å². The summed E-state index contributed by atoms with van der Waals surface area (Å²) in [7, 11) is 0. The van der Waals surface area contributed by atoms with Crippen molar-refractivity contribution in [2.24, 2.45) is 0 Å². The number of anilines is 1. The zero-order valence-electron chi connectivity index (χ0n) is 17.2. The lowest BCUT2D eigenvalue weighted by Crippen LogP contribution is -2.29. The summed E-state index contributed by atoms with van der Waals surface area (Å²) < 4.78 is 0. The molecule has 5 heteroatoms. The van der Waals surface area contributed by atoms with Crippen molar-refractivity contribution in [1.82, 2.24) is 5.32 Å². The molecule has 0 atom stereocenters. The van der Waals surface area contributed by atoms with Crippen molar-refractivity contribution in [3.8, 4) is 6.07 Å². The molecule has 2 N–H and O–H groups in total. The van der Waals surface area contributed by atoms with Gasteiger partial charge in [0.05, 0.1) is 11.6 Å². The van der Waals surface area contributed by atoms with E-state index in [0.29, 0.717) is 11.3 Å². The van der Waals surface area contributed by atoms with Gasteiger partial charge in [-0.15, -0.1) is 0 Å². The molecule has 0 aliphatic heterocycles. The van der Waals surface area contributed by atoms with E-state index >= 15 is 0 Å². The maximum atomic E-state index is 12.8. The first-order chi connectivity index (χ1) is 15.6. The van der Waals surface area contributed by atoms with Gasteiger partial charge in [0.1, 0.15) is 5.70 Å². The number of hydrogen-bond acceptors (Lipinski definition) is 3. The van der Waals surface area contributed by atoms with Gasteiger partial charge in [-0.3, -0.25) is 9.59 Å². The highest BCUT2D eigenvalue weighted by atomic mass is 16.2. The molecule has 32 heavy (non-hydrogen) atoms. The molecular formula is C27H21N3O2. The van der Waals surface area contributed by atoms with Crippen molar-refractivity contribution in [3.05, 3.63) is 126 Å². The van der Waals surface area contributed by atoms with Crippen LogP contribution in [-0.4, -0.2) is 11.8 Å². The molecule has 3 rings (SSSR count). The van der Waals surface area contributed by atoms with Crippen LogP contribution in [0.25, 0.3) is 12.2 Å². The number of carbonyl (C=O) groups is 2. The molecule has 5 nitrogen and oxygen atoms in total. The maximum absolute atomic E-state index is 12.8. The van der Waals surface area contributed by atoms with Crippen LogP contribution in [0.4, 0.5) is 5.69 Å². The van der Waals surface area contributed by atoms with Gasteiger partial charge in [0, 0.05) is 11.8 Å². The molecule has 0 unspecified atom stereocenters. The molecule has 0 saturated heterocycles. The molecular weight excluding hydrogens is 398 g/mol. The number of allylic oxidation sites excluding steroid dienone is 2. The average Bonchev–Trinajstić information content (AvgIpc) is 2.83. The van der Waals surface area contributed by atoms with Gasteiger partial charge in [0.15, 0.2) is 0 Å². The van der Waals surface area contributed by atoms with Gasteiger partial charge in [-0.05, 0) is 41.5 Å². The van der Waals surface area contributed by atoms with E-state index in [4.69, 9.17) is 5.26 Å². The first-order valence-corrected chi connectivity index (χ1v) is 9.93. The zero-order chi connectivity index (χ0) is 22.6. The number of nitriles is 1. The average molecular weight is 419 g/mol. The minimum absolute atomic E-state index is 0.0715. The lowest BCUT2D eigenvalue weighted by Gasteiger charge is -2.09. The summed E-state index contributed by atoms with van der Waals surface area (Å²) in [5.41, 5.74) is 2.78. The molecule has 2 amide bonds. The molecule has 0 radical (unpaired) electrons. The number of rotatable bonds is 7. The Morgan fingerprint density at radius 2 is 1.47 bits per heavy atom.